The van der Waals surface area contributed by atoms with Crippen molar-refractivity contribution < 1.29 is 13.9 Å². The zero-order chi connectivity index (χ0) is 25.2. The normalized spacial score (nSPS) is 10.7. The summed E-state index contributed by atoms with van der Waals surface area (Å²) < 4.78 is 22.0. The van der Waals surface area contributed by atoms with Gasteiger partial charge in [0.25, 0.3) is 0 Å². The lowest BCUT2D eigenvalue weighted by atomic mass is 10.2. The minimum atomic E-state index is -0.718. The zero-order valence-corrected chi connectivity index (χ0v) is 19.3. The lowest BCUT2D eigenvalue weighted by molar-refractivity contribution is 0.262. The minimum absolute atomic E-state index is 0.0616. The van der Waals surface area contributed by atoms with Crippen LogP contribution in [0.25, 0.3) is 16.7 Å². The second-order valence-corrected chi connectivity index (χ2v) is 8.01. The van der Waals surface area contributed by atoms with Gasteiger partial charge >= 0.3 is 6.03 Å². The number of nitriles is 1. The molecule has 0 saturated heterocycles. The smallest absolute Gasteiger partial charge is 0.324 e. The molecule has 0 aliphatic heterocycles. The number of amides is 2. The lowest BCUT2D eigenvalue weighted by Crippen LogP contribution is -2.22. The number of carbonyl (C=O) groups is 1. The van der Waals surface area contributed by atoms with Gasteiger partial charge < -0.3 is 15.0 Å². The molecule has 12 heteroatoms. The van der Waals surface area contributed by atoms with E-state index in [1.807, 2.05) is 6.07 Å². The Morgan fingerprint density at radius 2 is 1.97 bits per heavy atom. The van der Waals surface area contributed by atoms with Crippen LogP contribution in [-0.2, 0) is 0 Å². The van der Waals surface area contributed by atoms with Crippen LogP contribution in [0.3, 0.4) is 0 Å². The number of aromatic nitrogens is 5. The van der Waals surface area contributed by atoms with Gasteiger partial charge in [-0.2, -0.15) is 10.4 Å². The number of carbonyl (C=O) groups excluding carboxylic acids is 1. The Hall–Kier alpha value is -4.95. The number of halogens is 2. The summed E-state index contributed by atoms with van der Waals surface area (Å²) in [6.45, 7) is 1.77. The number of urea groups is 1. The molecule has 0 unspecified atom stereocenters. The van der Waals surface area contributed by atoms with Crippen LogP contribution < -0.4 is 15.4 Å². The van der Waals surface area contributed by atoms with E-state index in [0.29, 0.717) is 38.8 Å². The van der Waals surface area contributed by atoms with Crippen LogP contribution in [0.15, 0.2) is 61.1 Å². The summed E-state index contributed by atoms with van der Waals surface area (Å²) in [6, 6.07) is 13.7. The van der Waals surface area contributed by atoms with E-state index in [1.165, 1.54) is 23.1 Å². The van der Waals surface area contributed by atoms with E-state index in [4.69, 9.17) is 21.6 Å². The quantitative estimate of drug-likeness (QED) is 0.288. The van der Waals surface area contributed by atoms with Gasteiger partial charge in [-0.3, -0.25) is 5.32 Å². The number of nitrogens with zero attached hydrogens (tertiary/aromatic N) is 5. The third kappa shape index (κ3) is 4.53. The first-order chi connectivity index (χ1) is 17.4. The third-order valence-electron chi connectivity index (χ3n) is 5.10. The van der Waals surface area contributed by atoms with Crippen molar-refractivity contribution in [1.29, 1.82) is 5.26 Å². The topological polar surface area (TPSA) is 134 Å². The fourth-order valence-corrected chi connectivity index (χ4v) is 3.70. The van der Waals surface area contributed by atoms with Crippen LogP contribution >= 0.6 is 11.6 Å². The van der Waals surface area contributed by atoms with E-state index in [-0.39, 0.29) is 17.3 Å². The van der Waals surface area contributed by atoms with E-state index >= 15 is 0 Å². The molecule has 0 aliphatic carbocycles. The molecule has 3 N–H and O–H groups in total. The molecule has 2 amide bonds. The summed E-state index contributed by atoms with van der Waals surface area (Å²) in [5.74, 6) is -0.0306. The lowest BCUT2D eigenvalue weighted by Gasteiger charge is -2.12. The second kappa shape index (κ2) is 9.36. The number of anilines is 2. The predicted octanol–water partition coefficient (Wildman–Crippen LogP) is 5.55. The maximum absolute atomic E-state index is 14.8. The number of rotatable bonds is 5. The molecule has 0 fully saturated rings. The van der Waals surface area contributed by atoms with Crippen molar-refractivity contribution >= 4 is 40.2 Å². The molecule has 0 aliphatic rings. The Labute approximate surface area is 208 Å². The van der Waals surface area contributed by atoms with Gasteiger partial charge in [-0.25, -0.2) is 23.8 Å². The van der Waals surface area contributed by atoms with Crippen molar-refractivity contribution in [3.8, 4) is 23.4 Å². The monoisotopic (exact) mass is 502 g/mol. The van der Waals surface area contributed by atoms with Gasteiger partial charge in [-0.05, 0) is 43.3 Å². The maximum atomic E-state index is 14.8. The summed E-state index contributed by atoms with van der Waals surface area (Å²) in [5, 5.41) is 19.3. The SMILES string of the molecule is Cc1cc(NC(=O)Nc2ccc(Oc3ncnc4[nH]cc(Cl)c34)cc2F)n(-c2ccc(C#N)cc2)n1. The number of nitrogens with one attached hydrogen (secondary N) is 3. The molecule has 5 rings (SSSR count). The molecule has 10 nitrogen and oxygen atoms in total. The minimum Gasteiger partial charge on any atom is -0.438 e. The summed E-state index contributed by atoms with van der Waals surface area (Å²) >= 11 is 6.15. The Morgan fingerprint density at radius 1 is 1.17 bits per heavy atom. The van der Waals surface area contributed by atoms with Crippen LogP contribution in [0.4, 0.5) is 20.7 Å². The maximum Gasteiger partial charge on any atom is 0.324 e. The number of benzene rings is 2. The van der Waals surface area contributed by atoms with Gasteiger partial charge in [0.2, 0.25) is 5.88 Å². The molecule has 0 atom stereocenters. The van der Waals surface area contributed by atoms with Crippen molar-refractivity contribution in [3.63, 3.8) is 0 Å². The summed E-state index contributed by atoms with van der Waals surface area (Å²) in [6.07, 6.45) is 2.85. The van der Waals surface area contributed by atoms with Gasteiger partial charge in [0.05, 0.1) is 39.1 Å². The molecular weight excluding hydrogens is 487 g/mol. The summed E-state index contributed by atoms with van der Waals surface area (Å²) in [4.78, 5) is 23.6. The molecule has 5 aromatic rings. The highest BCUT2D eigenvalue weighted by Gasteiger charge is 2.15. The van der Waals surface area contributed by atoms with Gasteiger partial charge in [-0.15, -0.1) is 0 Å². The highest BCUT2D eigenvalue weighted by atomic mass is 35.5. The van der Waals surface area contributed by atoms with E-state index in [9.17, 15) is 9.18 Å². The first kappa shape index (κ1) is 22.8. The number of aryl methyl sites for hydroxylation is 1. The molecule has 36 heavy (non-hydrogen) atoms. The Bertz CT molecular complexity index is 1640. The van der Waals surface area contributed by atoms with Gasteiger partial charge in [0.1, 0.15) is 29.4 Å². The van der Waals surface area contributed by atoms with Crippen molar-refractivity contribution in [2.45, 2.75) is 6.92 Å². The van der Waals surface area contributed by atoms with Crippen molar-refractivity contribution in [2.75, 3.05) is 10.6 Å². The molecule has 0 saturated carbocycles. The molecule has 178 valence electrons. The van der Waals surface area contributed by atoms with Gasteiger partial charge in [0.15, 0.2) is 0 Å². The molecule has 3 heterocycles. The summed E-state index contributed by atoms with van der Waals surface area (Å²) in [5.41, 5.74) is 2.22. The molecule has 0 spiro atoms. The first-order valence-electron chi connectivity index (χ1n) is 10.5. The van der Waals surface area contributed by atoms with Crippen molar-refractivity contribution in [2.24, 2.45) is 0 Å². The van der Waals surface area contributed by atoms with E-state index < -0.39 is 11.8 Å². The fraction of sp³-hybridized carbons (Fsp3) is 0.0417. The fourth-order valence-electron chi connectivity index (χ4n) is 3.48. The standard InChI is InChI=1S/C24H16ClFN8O2/c1-13-8-20(34(33-13)15-4-2-14(10-27)3-5-15)32-24(35)31-19-7-6-16(9-18(19)26)36-23-21-17(25)11-28-22(21)29-12-30-23/h2-9,11-12H,1H3,(H,28,29,30)(H2,31,32,35). The van der Waals surface area contributed by atoms with Crippen LogP contribution in [0, 0.1) is 24.1 Å². The number of hydrogen-bond acceptors (Lipinski definition) is 6. The second-order valence-electron chi connectivity index (χ2n) is 7.60. The van der Waals surface area contributed by atoms with Crippen LogP contribution in [0.2, 0.25) is 5.02 Å². The van der Waals surface area contributed by atoms with Crippen LogP contribution in [0.5, 0.6) is 11.6 Å². The van der Waals surface area contributed by atoms with Gasteiger partial charge in [-0.1, -0.05) is 11.6 Å². The average Bonchev–Trinajstić information content (AvgIpc) is 3.43. The Kier molecular flexibility index (Phi) is 5.93. The number of fused-ring (bicyclic) bond motifs is 1. The van der Waals surface area contributed by atoms with Crippen LogP contribution in [-0.4, -0.2) is 30.8 Å². The van der Waals surface area contributed by atoms with E-state index in [0.717, 1.165) is 6.07 Å². The van der Waals surface area contributed by atoms with Crippen molar-refractivity contribution in [3.05, 3.63) is 83.2 Å². The molecule has 0 bridgehead atoms. The Balaban J connectivity index is 1.31. The predicted molar refractivity (Wildman–Crippen MR) is 131 cm³/mol. The van der Waals surface area contributed by atoms with E-state index in [2.05, 4.69) is 30.7 Å². The number of ether oxygens (including phenoxy) is 1. The zero-order valence-electron chi connectivity index (χ0n) is 18.6. The van der Waals surface area contributed by atoms with E-state index in [1.54, 1.807) is 43.5 Å². The first-order valence-corrected chi connectivity index (χ1v) is 10.9. The number of H-pyrrole nitrogens is 1. The summed E-state index contributed by atoms with van der Waals surface area (Å²) in [7, 11) is 0. The Morgan fingerprint density at radius 3 is 2.72 bits per heavy atom. The molecule has 3 aromatic heterocycles. The van der Waals surface area contributed by atoms with Crippen molar-refractivity contribution in [1.82, 2.24) is 24.7 Å². The number of hydrogen-bond donors (Lipinski definition) is 3. The van der Waals surface area contributed by atoms with Crippen LogP contribution in [0.1, 0.15) is 11.3 Å². The highest BCUT2D eigenvalue weighted by molar-refractivity contribution is 6.35. The molecule has 2 aromatic carbocycles. The average molecular weight is 503 g/mol. The largest absolute Gasteiger partial charge is 0.438 e. The molecular formula is C24H16ClFN8O2. The third-order valence-corrected chi connectivity index (χ3v) is 5.40. The highest BCUT2D eigenvalue weighted by Crippen LogP contribution is 2.33. The van der Waals surface area contributed by atoms with Gasteiger partial charge in [0, 0.05) is 18.3 Å². The number of aromatic amines is 1. The molecule has 0 radical (unpaired) electrons.